The second kappa shape index (κ2) is 3.92. The van der Waals surface area contributed by atoms with Gasteiger partial charge in [-0.15, -0.1) is 4.91 Å². The van der Waals surface area contributed by atoms with E-state index in [2.05, 4.69) is 15.5 Å². The number of aromatic amines is 1. The summed E-state index contributed by atoms with van der Waals surface area (Å²) in [5.41, 5.74) is -1.52. The van der Waals surface area contributed by atoms with Gasteiger partial charge >= 0.3 is 5.69 Å². The molecule has 1 aliphatic rings. The van der Waals surface area contributed by atoms with Crippen LogP contribution in [0.15, 0.2) is 14.8 Å². The summed E-state index contributed by atoms with van der Waals surface area (Å²) in [6.45, 7) is 0.644. The number of hydrogen-bond donors (Lipinski definition) is 2. The first kappa shape index (κ1) is 10.6. The molecule has 1 aromatic rings. The zero-order valence-corrected chi connectivity index (χ0v) is 8.82. The SMILES string of the molecule is Cn1c(=O)[nH]c(NCC2CC2)c(N=O)c1=O. The highest BCUT2D eigenvalue weighted by Gasteiger charge is 2.22. The Hall–Kier alpha value is -1.92. The Balaban J connectivity index is 2.37. The fourth-order valence-corrected chi connectivity index (χ4v) is 1.39. The number of nitroso groups, excluding NO2 is 1. The van der Waals surface area contributed by atoms with Crippen LogP contribution in [-0.2, 0) is 7.05 Å². The summed E-state index contributed by atoms with van der Waals surface area (Å²) in [6, 6.07) is 0. The van der Waals surface area contributed by atoms with Gasteiger partial charge in [0.1, 0.15) is 5.82 Å². The fraction of sp³-hybridized carbons (Fsp3) is 0.556. The minimum absolute atomic E-state index is 0.120. The lowest BCUT2D eigenvalue weighted by molar-refractivity contribution is 0.773. The first-order chi connectivity index (χ1) is 7.63. The van der Waals surface area contributed by atoms with Crippen LogP contribution >= 0.6 is 0 Å². The van der Waals surface area contributed by atoms with Crippen molar-refractivity contribution in [3.8, 4) is 0 Å². The third-order valence-electron chi connectivity index (χ3n) is 2.64. The molecule has 1 heterocycles. The Labute approximate surface area is 90.5 Å². The van der Waals surface area contributed by atoms with E-state index in [1.165, 1.54) is 7.05 Å². The zero-order valence-electron chi connectivity index (χ0n) is 8.82. The van der Waals surface area contributed by atoms with Crippen molar-refractivity contribution in [2.24, 2.45) is 18.1 Å². The maximum atomic E-state index is 11.5. The van der Waals surface area contributed by atoms with E-state index in [4.69, 9.17) is 0 Å². The molecule has 0 unspecified atom stereocenters. The summed E-state index contributed by atoms with van der Waals surface area (Å²) in [5.74, 6) is 0.682. The molecule has 2 N–H and O–H groups in total. The minimum atomic E-state index is -0.683. The quantitative estimate of drug-likeness (QED) is 0.718. The molecule has 0 bridgehead atoms. The number of aromatic nitrogens is 2. The van der Waals surface area contributed by atoms with Crippen molar-refractivity contribution in [2.75, 3.05) is 11.9 Å². The second-order valence-electron chi connectivity index (χ2n) is 3.93. The van der Waals surface area contributed by atoms with Crippen LogP contribution in [0, 0.1) is 10.8 Å². The number of nitrogens with zero attached hydrogens (tertiary/aromatic N) is 2. The van der Waals surface area contributed by atoms with E-state index in [1.54, 1.807) is 0 Å². The maximum absolute atomic E-state index is 11.5. The summed E-state index contributed by atoms with van der Waals surface area (Å²) in [4.78, 5) is 35.8. The summed E-state index contributed by atoms with van der Waals surface area (Å²) >= 11 is 0. The Morgan fingerprint density at radius 1 is 1.50 bits per heavy atom. The second-order valence-corrected chi connectivity index (χ2v) is 3.93. The lowest BCUT2D eigenvalue weighted by Crippen LogP contribution is -2.33. The molecule has 0 saturated heterocycles. The Morgan fingerprint density at radius 2 is 2.19 bits per heavy atom. The molecule has 0 spiro atoms. The molecule has 16 heavy (non-hydrogen) atoms. The predicted molar refractivity (Wildman–Crippen MR) is 59.0 cm³/mol. The first-order valence-electron chi connectivity index (χ1n) is 5.04. The van der Waals surface area contributed by atoms with Gasteiger partial charge in [-0.2, -0.15) is 0 Å². The van der Waals surface area contributed by atoms with Crippen molar-refractivity contribution in [2.45, 2.75) is 12.8 Å². The van der Waals surface area contributed by atoms with Crippen molar-refractivity contribution in [3.05, 3.63) is 25.7 Å². The van der Waals surface area contributed by atoms with Crippen LogP contribution in [0.25, 0.3) is 0 Å². The van der Waals surface area contributed by atoms with Gasteiger partial charge in [-0.05, 0) is 23.9 Å². The van der Waals surface area contributed by atoms with Gasteiger partial charge in [-0.1, -0.05) is 0 Å². The predicted octanol–water partition coefficient (Wildman–Crippen LogP) is 0.293. The molecular formula is C9H12N4O3. The molecule has 7 heteroatoms. The molecule has 0 atom stereocenters. The average molecular weight is 224 g/mol. The lowest BCUT2D eigenvalue weighted by atomic mass is 10.4. The molecular weight excluding hydrogens is 212 g/mol. The molecule has 1 saturated carbocycles. The normalized spacial score (nSPS) is 14.8. The number of H-pyrrole nitrogens is 1. The van der Waals surface area contributed by atoms with Crippen LogP contribution in [0.4, 0.5) is 11.5 Å². The van der Waals surface area contributed by atoms with Gasteiger partial charge in [-0.3, -0.25) is 14.3 Å². The van der Waals surface area contributed by atoms with Crippen molar-refractivity contribution in [1.82, 2.24) is 9.55 Å². The number of hydrogen-bond acceptors (Lipinski definition) is 5. The van der Waals surface area contributed by atoms with Crippen molar-refractivity contribution < 1.29 is 0 Å². The summed E-state index contributed by atoms with van der Waals surface area (Å²) in [5, 5.41) is 5.53. The van der Waals surface area contributed by atoms with E-state index in [-0.39, 0.29) is 11.5 Å². The van der Waals surface area contributed by atoms with Crippen LogP contribution in [0.5, 0.6) is 0 Å². The van der Waals surface area contributed by atoms with Gasteiger partial charge < -0.3 is 5.32 Å². The van der Waals surface area contributed by atoms with Gasteiger partial charge in [-0.25, -0.2) is 4.79 Å². The van der Waals surface area contributed by atoms with E-state index < -0.39 is 11.2 Å². The van der Waals surface area contributed by atoms with Crippen LogP contribution < -0.4 is 16.6 Å². The molecule has 7 nitrogen and oxygen atoms in total. The molecule has 1 aromatic heterocycles. The van der Waals surface area contributed by atoms with Gasteiger partial charge in [0.2, 0.25) is 5.69 Å². The molecule has 1 aliphatic carbocycles. The van der Waals surface area contributed by atoms with Gasteiger partial charge in [0.15, 0.2) is 0 Å². The third-order valence-corrected chi connectivity index (χ3v) is 2.64. The smallest absolute Gasteiger partial charge is 0.329 e. The van der Waals surface area contributed by atoms with Crippen molar-refractivity contribution >= 4 is 11.5 Å². The van der Waals surface area contributed by atoms with E-state index in [0.717, 1.165) is 17.4 Å². The zero-order chi connectivity index (χ0) is 11.7. The summed E-state index contributed by atoms with van der Waals surface area (Å²) in [6.07, 6.45) is 2.26. The van der Waals surface area contributed by atoms with E-state index in [1.807, 2.05) is 0 Å². The average Bonchev–Trinajstić information content (AvgIpc) is 3.07. The third kappa shape index (κ3) is 1.88. The van der Waals surface area contributed by atoms with E-state index in [0.29, 0.717) is 12.5 Å². The van der Waals surface area contributed by atoms with Crippen LogP contribution in [0.2, 0.25) is 0 Å². The van der Waals surface area contributed by atoms with Gasteiger partial charge in [0.25, 0.3) is 5.56 Å². The van der Waals surface area contributed by atoms with E-state index >= 15 is 0 Å². The van der Waals surface area contributed by atoms with Gasteiger partial charge in [0.05, 0.1) is 0 Å². The van der Waals surface area contributed by atoms with Crippen LogP contribution in [-0.4, -0.2) is 16.1 Å². The number of rotatable bonds is 4. The number of anilines is 1. The lowest BCUT2D eigenvalue weighted by Gasteiger charge is -2.07. The Morgan fingerprint density at radius 3 is 2.75 bits per heavy atom. The first-order valence-corrected chi connectivity index (χ1v) is 5.04. The standard InChI is InChI=1S/C9H12N4O3/c1-13-8(14)6(12-16)7(11-9(13)15)10-4-5-2-3-5/h5,10H,2-4H2,1H3,(H,11,15). The molecule has 0 radical (unpaired) electrons. The topological polar surface area (TPSA) is 96.3 Å². The largest absolute Gasteiger partial charge is 0.369 e. The highest BCUT2D eigenvalue weighted by Crippen LogP contribution is 2.29. The van der Waals surface area contributed by atoms with Crippen molar-refractivity contribution in [1.29, 1.82) is 0 Å². The van der Waals surface area contributed by atoms with E-state index in [9.17, 15) is 14.5 Å². The number of nitrogens with one attached hydrogen (secondary N) is 2. The Kier molecular flexibility index (Phi) is 2.59. The molecule has 0 aromatic carbocycles. The highest BCUT2D eigenvalue weighted by molar-refractivity contribution is 5.58. The maximum Gasteiger partial charge on any atom is 0.329 e. The highest BCUT2D eigenvalue weighted by atomic mass is 16.3. The summed E-state index contributed by atoms with van der Waals surface area (Å²) in [7, 11) is 1.29. The fourth-order valence-electron chi connectivity index (χ4n) is 1.39. The van der Waals surface area contributed by atoms with Gasteiger partial charge in [0, 0.05) is 13.6 Å². The monoisotopic (exact) mass is 224 g/mol. The van der Waals surface area contributed by atoms with Crippen LogP contribution in [0.1, 0.15) is 12.8 Å². The molecule has 0 aliphatic heterocycles. The Bertz CT molecular complexity index is 527. The molecule has 1 fully saturated rings. The molecule has 2 rings (SSSR count). The molecule has 0 amide bonds. The van der Waals surface area contributed by atoms with Crippen molar-refractivity contribution in [3.63, 3.8) is 0 Å². The van der Waals surface area contributed by atoms with Crippen LogP contribution in [0.3, 0.4) is 0 Å². The molecule has 86 valence electrons. The summed E-state index contributed by atoms with van der Waals surface area (Å²) < 4.78 is 0.818. The minimum Gasteiger partial charge on any atom is -0.369 e.